The second-order valence-electron chi connectivity index (χ2n) is 7.72. The van der Waals surface area contributed by atoms with Gasteiger partial charge < -0.3 is 20.6 Å². The first-order valence-electron chi connectivity index (χ1n) is 9.54. The standard InChI is InChI=1S/C23H20N4O4/c1-23(2,30)19-9-8-15(12-27(19)31)14-5-3-6-16(11-14)26-13-18(21(24)29)20(28)17-7-4-10-25-22(17)26/h3-13,30H,1-2H3,(H2,24,29). The lowest BCUT2D eigenvalue weighted by Crippen LogP contribution is -2.39. The first-order chi connectivity index (χ1) is 14.7. The maximum Gasteiger partial charge on any atom is 0.254 e. The number of primary amides is 1. The molecule has 1 aromatic carbocycles. The number of nitrogens with two attached hydrogens (primary N) is 1. The van der Waals surface area contributed by atoms with Crippen molar-refractivity contribution in [1.82, 2.24) is 9.55 Å². The van der Waals surface area contributed by atoms with E-state index in [1.807, 2.05) is 12.1 Å². The molecule has 0 radical (unpaired) electrons. The maximum atomic E-state index is 12.6. The van der Waals surface area contributed by atoms with Crippen LogP contribution in [0.5, 0.6) is 0 Å². The molecule has 8 heteroatoms. The van der Waals surface area contributed by atoms with Crippen LogP contribution in [-0.4, -0.2) is 20.6 Å². The van der Waals surface area contributed by atoms with Gasteiger partial charge in [0.05, 0.1) is 5.39 Å². The van der Waals surface area contributed by atoms with Gasteiger partial charge in [0.15, 0.2) is 6.20 Å². The number of fused-ring (bicyclic) bond motifs is 1. The van der Waals surface area contributed by atoms with E-state index < -0.39 is 16.9 Å². The molecule has 0 aliphatic carbocycles. The van der Waals surface area contributed by atoms with Crippen LogP contribution in [0.3, 0.4) is 0 Å². The second-order valence-corrected chi connectivity index (χ2v) is 7.72. The Morgan fingerprint density at radius 1 is 1.16 bits per heavy atom. The number of amides is 1. The van der Waals surface area contributed by atoms with Crippen LogP contribution in [0.4, 0.5) is 0 Å². The third-order valence-electron chi connectivity index (χ3n) is 5.03. The van der Waals surface area contributed by atoms with E-state index in [1.165, 1.54) is 12.4 Å². The van der Waals surface area contributed by atoms with Crippen molar-refractivity contribution >= 4 is 16.9 Å². The molecule has 0 bridgehead atoms. The van der Waals surface area contributed by atoms with Gasteiger partial charge in [0.1, 0.15) is 16.8 Å². The maximum absolute atomic E-state index is 12.6. The average Bonchev–Trinajstić information content (AvgIpc) is 2.73. The van der Waals surface area contributed by atoms with E-state index in [4.69, 9.17) is 5.73 Å². The number of hydrogen-bond acceptors (Lipinski definition) is 5. The van der Waals surface area contributed by atoms with Crippen molar-refractivity contribution in [1.29, 1.82) is 0 Å². The molecule has 4 rings (SSSR count). The molecule has 0 spiro atoms. The summed E-state index contributed by atoms with van der Waals surface area (Å²) in [6, 6.07) is 13.8. The number of aromatic nitrogens is 3. The fourth-order valence-electron chi connectivity index (χ4n) is 3.49. The first-order valence-corrected chi connectivity index (χ1v) is 9.54. The molecule has 0 saturated heterocycles. The van der Waals surface area contributed by atoms with Crippen molar-refractivity contribution < 1.29 is 14.6 Å². The zero-order valence-corrected chi connectivity index (χ0v) is 16.9. The highest BCUT2D eigenvalue weighted by Gasteiger charge is 2.25. The predicted octanol–water partition coefficient (Wildman–Crippen LogP) is 2.01. The van der Waals surface area contributed by atoms with E-state index in [1.54, 1.807) is 61.0 Å². The van der Waals surface area contributed by atoms with Crippen LogP contribution in [-0.2, 0) is 5.60 Å². The Kier molecular flexibility index (Phi) is 4.79. The molecular weight excluding hydrogens is 396 g/mol. The van der Waals surface area contributed by atoms with E-state index >= 15 is 0 Å². The van der Waals surface area contributed by atoms with E-state index in [0.717, 1.165) is 5.56 Å². The summed E-state index contributed by atoms with van der Waals surface area (Å²) < 4.78 is 2.26. The quantitative estimate of drug-likeness (QED) is 0.389. The van der Waals surface area contributed by atoms with E-state index in [9.17, 15) is 19.9 Å². The number of benzene rings is 1. The SMILES string of the molecule is CC(C)(O)c1ccc(-c2cccc(-n3cc(C(N)=O)c(=O)c4cccnc43)c2)c[n+]1[O-]. The van der Waals surface area contributed by atoms with Gasteiger partial charge in [0.25, 0.3) is 5.91 Å². The van der Waals surface area contributed by atoms with Crippen molar-refractivity contribution in [3.05, 3.63) is 93.8 Å². The van der Waals surface area contributed by atoms with Crippen molar-refractivity contribution in [3.8, 4) is 16.8 Å². The fraction of sp³-hybridized carbons (Fsp3) is 0.130. The van der Waals surface area contributed by atoms with Gasteiger partial charge in [0, 0.05) is 29.7 Å². The molecular formula is C23H20N4O4. The van der Waals surface area contributed by atoms with E-state index in [2.05, 4.69) is 4.98 Å². The molecule has 8 nitrogen and oxygen atoms in total. The van der Waals surface area contributed by atoms with Crippen LogP contribution in [0.2, 0.25) is 0 Å². The molecule has 0 aliphatic heterocycles. The Morgan fingerprint density at radius 3 is 2.61 bits per heavy atom. The van der Waals surface area contributed by atoms with Gasteiger partial charge in [-0.1, -0.05) is 12.1 Å². The largest absolute Gasteiger partial charge is 0.618 e. The summed E-state index contributed by atoms with van der Waals surface area (Å²) in [5.41, 5.74) is 6.13. The summed E-state index contributed by atoms with van der Waals surface area (Å²) >= 11 is 0. The minimum Gasteiger partial charge on any atom is -0.618 e. The van der Waals surface area contributed by atoms with Gasteiger partial charge in [-0.2, -0.15) is 4.73 Å². The Hall–Kier alpha value is -4.04. The van der Waals surface area contributed by atoms with Crippen molar-refractivity contribution in [2.75, 3.05) is 0 Å². The third kappa shape index (κ3) is 3.64. The minimum absolute atomic E-state index is 0.141. The normalized spacial score (nSPS) is 11.6. The summed E-state index contributed by atoms with van der Waals surface area (Å²) in [5, 5.41) is 22.8. The third-order valence-corrected chi connectivity index (χ3v) is 5.03. The number of pyridine rings is 3. The van der Waals surface area contributed by atoms with Gasteiger partial charge >= 0.3 is 0 Å². The lowest BCUT2D eigenvalue weighted by Gasteiger charge is -2.17. The van der Waals surface area contributed by atoms with Gasteiger partial charge in [-0.25, -0.2) is 4.98 Å². The highest BCUT2D eigenvalue weighted by Crippen LogP contribution is 2.25. The van der Waals surface area contributed by atoms with Gasteiger partial charge in [0.2, 0.25) is 11.1 Å². The van der Waals surface area contributed by atoms with Crippen molar-refractivity contribution in [2.24, 2.45) is 5.73 Å². The number of nitrogens with zero attached hydrogens (tertiary/aromatic N) is 3. The Bertz CT molecular complexity index is 1390. The lowest BCUT2D eigenvalue weighted by molar-refractivity contribution is -0.621. The minimum atomic E-state index is -1.27. The summed E-state index contributed by atoms with van der Waals surface area (Å²) in [6.45, 7) is 3.09. The number of carbonyl (C=O) groups is 1. The average molecular weight is 416 g/mol. The molecule has 1 amide bonds. The molecule has 0 aliphatic rings. The molecule has 0 unspecified atom stereocenters. The monoisotopic (exact) mass is 416 g/mol. The molecule has 31 heavy (non-hydrogen) atoms. The Balaban J connectivity index is 1.90. The second kappa shape index (κ2) is 7.33. The predicted molar refractivity (Wildman–Crippen MR) is 115 cm³/mol. The van der Waals surface area contributed by atoms with Crippen LogP contribution in [0.1, 0.15) is 29.9 Å². The van der Waals surface area contributed by atoms with Crippen LogP contribution in [0.15, 0.2) is 71.9 Å². The Labute approximate surface area is 177 Å². The van der Waals surface area contributed by atoms with E-state index in [0.29, 0.717) is 21.6 Å². The topological polar surface area (TPSA) is 125 Å². The molecule has 0 fully saturated rings. The van der Waals surface area contributed by atoms with Gasteiger partial charge in [-0.15, -0.1) is 0 Å². The fourth-order valence-corrected chi connectivity index (χ4v) is 3.49. The summed E-state index contributed by atoms with van der Waals surface area (Å²) in [7, 11) is 0. The summed E-state index contributed by atoms with van der Waals surface area (Å²) in [5.74, 6) is -0.824. The van der Waals surface area contributed by atoms with Crippen LogP contribution >= 0.6 is 0 Å². The highest BCUT2D eigenvalue weighted by atomic mass is 16.5. The van der Waals surface area contributed by atoms with E-state index in [-0.39, 0.29) is 16.6 Å². The lowest BCUT2D eigenvalue weighted by atomic mass is 10.0. The zero-order valence-electron chi connectivity index (χ0n) is 16.9. The molecule has 3 aromatic heterocycles. The van der Waals surface area contributed by atoms with Gasteiger partial charge in [-0.05, 0) is 49.7 Å². The number of aliphatic hydroxyl groups is 1. The summed E-state index contributed by atoms with van der Waals surface area (Å²) in [4.78, 5) is 28.7. The first kappa shape index (κ1) is 20.2. The van der Waals surface area contributed by atoms with Gasteiger partial charge in [-0.3, -0.25) is 9.59 Å². The number of carbonyl (C=O) groups excluding carboxylic acids is 1. The molecule has 156 valence electrons. The molecule has 3 N–H and O–H groups in total. The number of hydrogen-bond donors (Lipinski definition) is 2. The zero-order chi connectivity index (χ0) is 22.3. The van der Waals surface area contributed by atoms with Crippen molar-refractivity contribution in [2.45, 2.75) is 19.4 Å². The molecule has 0 atom stereocenters. The summed E-state index contributed by atoms with van der Waals surface area (Å²) in [6.07, 6.45) is 4.33. The number of rotatable bonds is 4. The van der Waals surface area contributed by atoms with Crippen LogP contribution in [0.25, 0.3) is 27.8 Å². The molecule has 0 saturated carbocycles. The Morgan fingerprint density at radius 2 is 1.94 bits per heavy atom. The molecule has 3 heterocycles. The van der Waals surface area contributed by atoms with Crippen LogP contribution < -0.4 is 15.9 Å². The smallest absolute Gasteiger partial charge is 0.254 e. The molecule has 4 aromatic rings. The highest BCUT2D eigenvalue weighted by molar-refractivity contribution is 5.96. The van der Waals surface area contributed by atoms with Crippen molar-refractivity contribution in [3.63, 3.8) is 0 Å². The van der Waals surface area contributed by atoms with Crippen LogP contribution in [0, 0.1) is 5.21 Å².